The first-order valence-corrected chi connectivity index (χ1v) is 8.20. The van der Waals surface area contributed by atoms with E-state index in [4.69, 9.17) is 0 Å². The van der Waals surface area contributed by atoms with Crippen molar-refractivity contribution in [1.82, 2.24) is 15.6 Å². The minimum absolute atomic E-state index is 0.360. The van der Waals surface area contributed by atoms with Gasteiger partial charge >= 0.3 is 24.6 Å². The highest BCUT2D eigenvalue weighted by atomic mass is 32.2. The highest BCUT2D eigenvalue weighted by Crippen LogP contribution is 2.42. The van der Waals surface area contributed by atoms with Crippen molar-refractivity contribution in [2.24, 2.45) is 0 Å². The number of hydrogen-bond acceptors (Lipinski definition) is 3. The van der Waals surface area contributed by atoms with E-state index in [0.717, 1.165) is 10.3 Å². The lowest BCUT2D eigenvalue weighted by molar-refractivity contribution is -0.297. The number of sulfonamides is 1. The van der Waals surface area contributed by atoms with Gasteiger partial charge in [-0.1, -0.05) is 0 Å². The van der Waals surface area contributed by atoms with Crippen molar-refractivity contribution in [3.05, 3.63) is 29.8 Å². The molecule has 0 aliphatic carbocycles. The molecule has 28 heavy (non-hydrogen) atoms. The van der Waals surface area contributed by atoms with Crippen LogP contribution in [0.4, 0.5) is 44.3 Å². The van der Waals surface area contributed by atoms with Crippen molar-refractivity contribution in [3.8, 4) is 0 Å². The summed E-state index contributed by atoms with van der Waals surface area (Å²) in [4.78, 5) is 11.6. The fourth-order valence-electron chi connectivity index (χ4n) is 1.56. The SMILES string of the molecule is CC(NC(=O)NNS(=O)(=O)c1ccc(C(F)(F)F)cc1)(C(F)(F)F)C(F)(F)F. The Labute approximate surface area is 151 Å². The Morgan fingerprint density at radius 1 is 0.857 bits per heavy atom. The monoisotopic (exact) mass is 447 g/mol. The van der Waals surface area contributed by atoms with E-state index < -0.39 is 57.5 Å². The molecule has 0 atom stereocenters. The lowest BCUT2D eigenvalue weighted by Crippen LogP contribution is -2.67. The fraction of sp³-hybridized carbons (Fsp3) is 0.417. The molecule has 0 aromatic heterocycles. The second kappa shape index (κ2) is 7.31. The molecule has 0 aliphatic heterocycles. The number of urea groups is 1. The number of amides is 2. The highest BCUT2D eigenvalue weighted by Gasteiger charge is 2.68. The smallest absolute Gasteiger partial charge is 0.315 e. The maximum absolute atomic E-state index is 12.6. The average molecular weight is 447 g/mol. The summed E-state index contributed by atoms with van der Waals surface area (Å²) < 4.78 is 137. The predicted molar refractivity (Wildman–Crippen MR) is 73.9 cm³/mol. The molecule has 3 N–H and O–H groups in total. The number of nitrogens with one attached hydrogen (secondary N) is 3. The Kier molecular flexibility index (Phi) is 6.21. The summed E-state index contributed by atoms with van der Waals surface area (Å²) in [6.45, 7) is -0.392. The molecule has 1 rings (SSSR count). The first kappa shape index (κ1) is 23.8. The molecule has 0 radical (unpaired) electrons. The van der Waals surface area contributed by atoms with Crippen LogP contribution in [0.3, 0.4) is 0 Å². The van der Waals surface area contributed by atoms with E-state index in [9.17, 15) is 52.7 Å². The van der Waals surface area contributed by atoms with Crippen molar-refractivity contribution in [1.29, 1.82) is 0 Å². The van der Waals surface area contributed by atoms with Gasteiger partial charge in [-0.05, 0) is 31.2 Å². The summed E-state index contributed by atoms with van der Waals surface area (Å²) >= 11 is 0. The Hall–Kier alpha value is -2.23. The van der Waals surface area contributed by atoms with Gasteiger partial charge in [0.05, 0.1) is 10.5 Å². The Morgan fingerprint density at radius 2 is 1.29 bits per heavy atom. The van der Waals surface area contributed by atoms with E-state index in [0.29, 0.717) is 29.6 Å². The quantitative estimate of drug-likeness (QED) is 0.490. The van der Waals surface area contributed by atoms with E-state index >= 15 is 0 Å². The van der Waals surface area contributed by atoms with Crippen LogP contribution in [0.5, 0.6) is 0 Å². The second-order valence-corrected chi connectivity index (χ2v) is 7.01. The summed E-state index contributed by atoms with van der Waals surface area (Å²) in [5.74, 6) is 0. The third-order valence-corrected chi connectivity index (χ3v) is 4.55. The number of rotatable bonds is 4. The fourth-order valence-corrected chi connectivity index (χ4v) is 2.40. The van der Waals surface area contributed by atoms with E-state index in [1.807, 2.05) is 0 Å². The van der Waals surface area contributed by atoms with Gasteiger partial charge in [0.15, 0.2) is 0 Å². The van der Waals surface area contributed by atoms with Gasteiger partial charge in [0.2, 0.25) is 5.54 Å². The Bertz CT molecular complexity index is 800. The summed E-state index contributed by atoms with van der Waals surface area (Å²) in [7, 11) is -4.80. The Morgan fingerprint density at radius 3 is 1.64 bits per heavy atom. The standard InChI is InChI=1S/C12H10F9N3O3S/c1-9(11(16,17)18,12(19,20)21)22-8(25)23-24-28(26,27)7-4-2-6(3-5-7)10(13,14)15/h2-5,24H,1H3,(H2,22,23,25). The number of hydrazine groups is 1. The molecule has 0 aliphatic rings. The number of halogens is 9. The molecule has 0 spiro atoms. The summed E-state index contributed by atoms with van der Waals surface area (Å²) in [6.07, 6.45) is -16.7. The topological polar surface area (TPSA) is 87.3 Å². The van der Waals surface area contributed by atoms with Crippen molar-refractivity contribution in [2.45, 2.75) is 35.9 Å². The first-order valence-electron chi connectivity index (χ1n) is 6.72. The zero-order valence-corrected chi connectivity index (χ0v) is 14.2. The molecule has 0 saturated heterocycles. The number of carbonyl (C=O) groups is 1. The van der Waals surface area contributed by atoms with Gasteiger partial charge in [0, 0.05) is 0 Å². The molecule has 1 aromatic rings. The molecule has 2 amide bonds. The van der Waals surface area contributed by atoms with Crippen LogP contribution in [0.2, 0.25) is 0 Å². The maximum Gasteiger partial charge on any atom is 0.420 e. The van der Waals surface area contributed by atoms with E-state index in [1.165, 1.54) is 0 Å². The predicted octanol–water partition coefficient (Wildman–Crippen LogP) is 3.08. The van der Waals surface area contributed by atoms with Crippen LogP contribution in [0.15, 0.2) is 29.2 Å². The minimum Gasteiger partial charge on any atom is -0.315 e. The van der Waals surface area contributed by atoms with E-state index in [-0.39, 0.29) is 0 Å². The van der Waals surface area contributed by atoms with Gasteiger partial charge in [-0.25, -0.2) is 13.2 Å². The average Bonchev–Trinajstić information content (AvgIpc) is 2.50. The number of alkyl halides is 9. The number of benzene rings is 1. The highest BCUT2D eigenvalue weighted by molar-refractivity contribution is 7.89. The third-order valence-electron chi connectivity index (χ3n) is 3.29. The number of hydrogen-bond donors (Lipinski definition) is 3. The largest absolute Gasteiger partial charge is 0.420 e. The molecular weight excluding hydrogens is 437 g/mol. The third kappa shape index (κ3) is 5.18. The summed E-state index contributed by atoms with van der Waals surface area (Å²) in [5, 5.41) is 0.551. The normalized spacial score (nSPS) is 13.9. The lowest BCUT2D eigenvalue weighted by atomic mass is 10.0. The van der Waals surface area contributed by atoms with Gasteiger partial charge in [0.25, 0.3) is 10.0 Å². The molecule has 160 valence electrons. The van der Waals surface area contributed by atoms with Crippen LogP contribution in [-0.4, -0.2) is 32.3 Å². The maximum atomic E-state index is 12.6. The van der Waals surface area contributed by atoms with E-state index in [2.05, 4.69) is 0 Å². The van der Waals surface area contributed by atoms with Gasteiger partial charge in [-0.3, -0.25) is 5.43 Å². The van der Waals surface area contributed by atoms with Crippen molar-refractivity contribution >= 4 is 16.1 Å². The van der Waals surface area contributed by atoms with Crippen LogP contribution < -0.4 is 15.6 Å². The van der Waals surface area contributed by atoms with Crippen molar-refractivity contribution in [2.75, 3.05) is 0 Å². The molecular formula is C12H10F9N3O3S. The Balaban J connectivity index is 2.91. The minimum atomic E-state index is -5.98. The van der Waals surface area contributed by atoms with Crippen LogP contribution in [0, 0.1) is 0 Å². The van der Waals surface area contributed by atoms with Gasteiger partial charge < -0.3 is 5.32 Å². The summed E-state index contributed by atoms with van der Waals surface area (Å²) in [6, 6.07) is -0.578. The summed E-state index contributed by atoms with van der Waals surface area (Å²) in [5.41, 5.74) is -4.87. The molecule has 0 unspecified atom stereocenters. The molecule has 0 bridgehead atoms. The van der Waals surface area contributed by atoms with Crippen molar-refractivity contribution < 1.29 is 52.7 Å². The molecule has 0 saturated carbocycles. The second-order valence-electron chi connectivity index (χ2n) is 5.33. The molecule has 16 heteroatoms. The molecule has 6 nitrogen and oxygen atoms in total. The molecule has 0 fully saturated rings. The van der Waals surface area contributed by atoms with Crippen molar-refractivity contribution in [3.63, 3.8) is 0 Å². The lowest BCUT2D eigenvalue weighted by Gasteiger charge is -2.34. The molecule has 1 aromatic carbocycles. The number of carbonyl (C=O) groups excluding carboxylic acids is 1. The van der Waals surface area contributed by atoms with Gasteiger partial charge in [-0.15, -0.1) is 4.83 Å². The van der Waals surface area contributed by atoms with Gasteiger partial charge in [0.1, 0.15) is 0 Å². The zero-order valence-electron chi connectivity index (χ0n) is 13.3. The van der Waals surface area contributed by atoms with Crippen LogP contribution in [0.25, 0.3) is 0 Å². The van der Waals surface area contributed by atoms with Crippen LogP contribution in [0.1, 0.15) is 12.5 Å². The van der Waals surface area contributed by atoms with Crippen LogP contribution >= 0.6 is 0 Å². The first-order chi connectivity index (χ1) is 12.3. The van der Waals surface area contributed by atoms with E-state index in [1.54, 1.807) is 0 Å². The zero-order chi connectivity index (χ0) is 22.2. The molecule has 0 heterocycles. The van der Waals surface area contributed by atoms with Gasteiger partial charge in [-0.2, -0.15) is 39.5 Å². The van der Waals surface area contributed by atoms with Crippen LogP contribution in [-0.2, 0) is 16.2 Å².